The van der Waals surface area contributed by atoms with Crippen LogP contribution in [-0.2, 0) is 14.8 Å². The predicted molar refractivity (Wildman–Crippen MR) is 96.8 cm³/mol. The molecule has 1 fully saturated rings. The Morgan fingerprint density at radius 1 is 1.19 bits per heavy atom. The molecule has 2 aliphatic heterocycles. The van der Waals surface area contributed by atoms with Crippen molar-refractivity contribution < 1.29 is 22.7 Å². The molecule has 8 nitrogen and oxygen atoms in total. The van der Waals surface area contributed by atoms with E-state index in [4.69, 9.17) is 9.47 Å². The molecule has 0 saturated carbocycles. The molecule has 0 spiro atoms. The number of amides is 1. The first-order valence-corrected chi connectivity index (χ1v) is 10.5. The first-order valence-electron chi connectivity index (χ1n) is 8.63. The van der Waals surface area contributed by atoms with Gasteiger partial charge in [0.25, 0.3) is 0 Å². The lowest BCUT2D eigenvalue weighted by atomic mass is 10.2. The number of carbonyl (C=O) groups is 1. The SMILES string of the molecule is CN(CC(=O)N1CCN(S(C)(=O)=O)CC1)C[C@@H]1COc2ccccc2O1. The summed E-state index contributed by atoms with van der Waals surface area (Å²) in [6.07, 6.45) is 1.06. The Morgan fingerprint density at radius 3 is 2.50 bits per heavy atom. The molecule has 1 aromatic rings. The molecule has 1 amide bonds. The standard InChI is InChI=1S/C17H25N3O5S/c1-18(11-14-13-24-15-5-3-4-6-16(15)25-14)12-17(21)19-7-9-20(10-8-19)26(2,22)23/h3-6,14H,7-13H2,1-2H3/t14-/m1/s1. The van der Waals surface area contributed by atoms with Crippen molar-refractivity contribution in [1.29, 1.82) is 0 Å². The highest BCUT2D eigenvalue weighted by molar-refractivity contribution is 7.88. The van der Waals surface area contributed by atoms with Gasteiger partial charge < -0.3 is 14.4 Å². The lowest BCUT2D eigenvalue weighted by molar-refractivity contribution is -0.133. The fourth-order valence-corrected chi connectivity index (χ4v) is 3.99. The van der Waals surface area contributed by atoms with Crippen LogP contribution in [0.3, 0.4) is 0 Å². The molecule has 0 unspecified atom stereocenters. The zero-order chi connectivity index (χ0) is 18.7. The van der Waals surface area contributed by atoms with Crippen LogP contribution in [0.2, 0.25) is 0 Å². The molecule has 2 aliphatic rings. The van der Waals surface area contributed by atoms with Crippen LogP contribution in [-0.4, -0.2) is 93.7 Å². The number of ether oxygens (including phenoxy) is 2. The minimum absolute atomic E-state index is 0.00206. The average molecular weight is 383 g/mol. The number of hydrogen-bond acceptors (Lipinski definition) is 6. The van der Waals surface area contributed by atoms with Gasteiger partial charge in [-0.05, 0) is 19.2 Å². The van der Waals surface area contributed by atoms with Crippen molar-refractivity contribution in [3.63, 3.8) is 0 Å². The van der Waals surface area contributed by atoms with Gasteiger partial charge in [0.15, 0.2) is 11.5 Å². The molecule has 2 heterocycles. The van der Waals surface area contributed by atoms with Gasteiger partial charge in [-0.25, -0.2) is 8.42 Å². The molecular formula is C17H25N3O5S. The van der Waals surface area contributed by atoms with E-state index >= 15 is 0 Å². The maximum atomic E-state index is 12.4. The number of rotatable bonds is 5. The number of carbonyl (C=O) groups excluding carboxylic acids is 1. The van der Waals surface area contributed by atoms with Crippen LogP contribution < -0.4 is 9.47 Å². The van der Waals surface area contributed by atoms with Crippen molar-refractivity contribution in [3.8, 4) is 11.5 Å². The van der Waals surface area contributed by atoms with E-state index in [1.165, 1.54) is 10.6 Å². The second kappa shape index (κ2) is 7.81. The number of likely N-dealkylation sites (N-methyl/N-ethyl adjacent to an activating group) is 1. The van der Waals surface area contributed by atoms with E-state index in [2.05, 4.69) is 0 Å². The van der Waals surface area contributed by atoms with Crippen molar-refractivity contribution in [3.05, 3.63) is 24.3 Å². The lowest BCUT2D eigenvalue weighted by Gasteiger charge is -2.34. The summed E-state index contributed by atoms with van der Waals surface area (Å²) in [5.74, 6) is 1.46. The largest absolute Gasteiger partial charge is 0.486 e. The van der Waals surface area contributed by atoms with Crippen LogP contribution in [0, 0.1) is 0 Å². The first-order chi connectivity index (χ1) is 12.3. The highest BCUT2D eigenvalue weighted by Crippen LogP contribution is 2.30. The van der Waals surface area contributed by atoms with Crippen molar-refractivity contribution in [2.24, 2.45) is 0 Å². The van der Waals surface area contributed by atoms with E-state index in [-0.39, 0.29) is 18.6 Å². The Labute approximate surface area is 154 Å². The molecule has 9 heteroatoms. The summed E-state index contributed by atoms with van der Waals surface area (Å²) in [7, 11) is -1.32. The molecule has 1 aromatic carbocycles. The summed E-state index contributed by atoms with van der Waals surface area (Å²) in [5.41, 5.74) is 0. The highest BCUT2D eigenvalue weighted by Gasteiger charge is 2.27. The van der Waals surface area contributed by atoms with E-state index in [0.717, 1.165) is 11.5 Å². The third-order valence-corrected chi connectivity index (χ3v) is 5.85. The van der Waals surface area contributed by atoms with Crippen LogP contribution in [0.4, 0.5) is 0 Å². The Bertz CT molecular complexity index is 747. The molecule has 1 saturated heterocycles. The Hall–Kier alpha value is -1.84. The second-order valence-corrected chi connectivity index (χ2v) is 8.72. The normalized spacial score (nSPS) is 21.0. The Balaban J connectivity index is 1.45. The van der Waals surface area contributed by atoms with Crippen LogP contribution in [0.25, 0.3) is 0 Å². The molecule has 0 radical (unpaired) electrons. The van der Waals surface area contributed by atoms with Crippen molar-refractivity contribution >= 4 is 15.9 Å². The van der Waals surface area contributed by atoms with Gasteiger partial charge in [-0.3, -0.25) is 9.69 Å². The molecule has 0 aromatic heterocycles. The third-order valence-electron chi connectivity index (χ3n) is 4.55. The van der Waals surface area contributed by atoms with Gasteiger partial charge >= 0.3 is 0 Å². The maximum absolute atomic E-state index is 12.4. The highest BCUT2D eigenvalue weighted by atomic mass is 32.2. The van der Waals surface area contributed by atoms with Crippen molar-refractivity contribution in [2.45, 2.75) is 6.10 Å². The van der Waals surface area contributed by atoms with Crippen molar-refractivity contribution in [1.82, 2.24) is 14.1 Å². The maximum Gasteiger partial charge on any atom is 0.236 e. The van der Waals surface area contributed by atoms with E-state index in [0.29, 0.717) is 39.3 Å². The minimum Gasteiger partial charge on any atom is -0.486 e. The number of hydrogen-bond donors (Lipinski definition) is 0. The molecule has 0 N–H and O–H groups in total. The van der Waals surface area contributed by atoms with Gasteiger partial charge in [0.05, 0.1) is 12.8 Å². The Kier molecular flexibility index (Phi) is 5.69. The topological polar surface area (TPSA) is 79.4 Å². The van der Waals surface area contributed by atoms with Crippen LogP contribution >= 0.6 is 0 Å². The van der Waals surface area contributed by atoms with Gasteiger partial charge in [-0.15, -0.1) is 0 Å². The molecule has 144 valence electrons. The number of para-hydroxylation sites is 2. The summed E-state index contributed by atoms with van der Waals surface area (Å²) < 4.78 is 36.1. The summed E-state index contributed by atoms with van der Waals surface area (Å²) in [4.78, 5) is 16.1. The fraction of sp³-hybridized carbons (Fsp3) is 0.588. The fourth-order valence-electron chi connectivity index (χ4n) is 3.17. The number of fused-ring (bicyclic) bond motifs is 1. The van der Waals surface area contributed by atoms with Gasteiger partial charge in [-0.2, -0.15) is 4.31 Å². The summed E-state index contributed by atoms with van der Waals surface area (Å²) in [5, 5.41) is 0. The minimum atomic E-state index is -3.19. The number of nitrogens with zero attached hydrogens (tertiary/aromatic N) is 3. The zero-order valence-electron chi connectivity index (χ0n) is 15.1. The molecule has 1 atom stereocenters. The predicted octanol–water partition coefficient (Wildman–Crippen LogP) is -0.138. The van der Waals surface area contributed by atoms with Gasteiger partial charge in [0.2, 0.25) is 15.9 Å². The van der Waals surface area contributed by atoms with Gasteiger partial charge in [-0.1, -0.05) is 12.1 Å². The summed E-state index contributed by atoms with van der Waals surface area (Å²) in [6, 6.07) is 7.54. The lowest BCUT2D eigenvalue weighted by Crippen LogP contribution is -2.52. The summed E-state index contributed by atoms with van der Waals surface area (Å²) >= 11 is 0. The number of piperazine rings is 1. The number of benzene rings is 1. The van der Waals surface area contributed by atoms with E-state index < -0.39 is 10.0 Å². The molecule has 0 bridgehead atoms. The molecule has 26 heavy (non-hydrogen) atoms. The van der Waals surface area contributed by atoms with Crippen LogP contribution in [0.5, 0.6) is 11.5 Å². The van der Waals surface area contributed by atoms with E-state index in [1.807, 2.05) is 36.2 Å². The number of sulfonamides is 1. The Morgan fingerprint density at radius 2 is 1.85 bits per heavy atom. The monoisotopic (exact) mass is 383 g/mol. The van der Waals surface area contributed by atoms with Crippen LogP contribution in [0.1, 0.15) is 0 Å². The second-order valence-electron chi connectivity index (χ2n) is 6.74. The molecule has 3 rings (SSSR count). The van der Waals surface area contributed by atoms with E-state index in [9.17, 15) is 13.2 Å². The zero-order valence-corrected chi connectivity index (χ0v) is 15.9. The summed E-state index contributed by atoms with van der Waals surface area (Å²) in [6.45, 7) is 2.84. The van der Waals surface area contributed by atoms with E-state index in [1.54, 1.807) is 4.90 Å². The van der Waals surface area contributed by atoms with Gasteiger partial charge in [0, 0.05) is 32.7 Å². The first kappa shape index (κ1) is 18.9. The third kappa shape index (κ3) is 4.66. The van der Waals surface area contributed by atoms with Crippen LogP contribution in [0.15, 0.2) is 24.3 Å². The molecule has 0 aliphatic carbocycles. The van der Waals surface area contributed by atoms with Gasteiger partial charge in [0.1, 0.15) is 12.7 Å². The smallest absolute Gasteiger partial charge is 0.236 e. The average Bonchev–Trinajstić information content (AvgIpc) is 2.61. The van der Waals surface area contributed by atoms with Crippen molar-refractivity contribution in [2.75, 3.05) is 59.2 Å². The molecular weight excluding hydrogens is 358 g/mol. The quantitative estimate of drug-likeness (QED) is 0.704.